The highest BCUT2D eigenvalue weighted by atomic mass is 16.5. The van der Waals surface area contributed by atoms with Crippen molar-refractivity contribution in [2.75, 3.05) is 13.7 Å². The van der Waals surface area contributed by atoms with Gasteiger partial charge < -0.3 is 10.1 Å². The molecule has 1 rings (SSSR count). The van der Waals surface area contributed by atoms with E-state index in [2.05, 4.69) is 23.9 Å². The van der Waals surface area contributed by atoms with E-state index in [0.29, 0.717) is 5.41 Å². The summed E-state index contributed by atoms with van der Waals surface area (Å²) in [5, 5.41) is 3.09. The summed E-state index contributed by atoms with van der Waals surface area (Å²) in [5.74, 6) is 0.428. The molecule has 3 nitrogen and oxygen atoms in total. The smallest absolute Gasteiger partial charge is 0.331 e. The molecule has 74 valence electrons. The van der Waals surface area contributed by atoms with Gasteiger partial charge >= 0.3 is 5.97 Å². The molecule has 0 saturated heterocycles. The molecule has 3 heteroatoms. The van der Waals surface area contributed by atoms with Gasteiger partial charge in [-0.3, -0.25) is 0 Å². The minimum Gasteiger partial charge on any atom is -0.466 e. The van der Waals surface area contributed by atoms with Gasteiger partial charge in [-0.25, -0.2) is 4.79 Å². The third-order valence-corrected chi connectivity index (χ3v) is 2.62. The molecule has 1 aliphatic carbocycles. The molecule has 1 fully saturated rings. The molecule has 0 aromatic carbocycles. The lowest BCUT2D eigenvalue weighted by Crippen LogP contribution is -2.12. The minimum absolute atomic E-state index is 0.317. The highest BCUT2D eigenvalue weighted by molar-refractivity contribution is 5.81. The first-order valence-corrected chi connectivity index (χ1v) is 4.54. The summed E-state index contributed by atoms with van der Waals surface area (Å²) in [6.45, 7) is 5.45. The van der Waals surface area contributed by atoms with Gasteiger partial charge in [-0.15, -0.1) is 0 Å². The van der Waals surface area contributed by atoms with Crippen LogP contribution in [-0.4, -0.2) is 19.6 Å². The Hall–Kier alpha value is -0.990. The number of methoxy groups -OCH3 is 1. The molecule has 1 aliphatic rings. The van der Waals surface area contributed by atoms with Gasteiger partial charge in [0.15, 0.2) is 0 Å². The Kier molecular flexibility index (Phi) is 2.96. The zero-order valence-corrected chi connectivity index (χ0v) is 8.46. The van der Waals surface area contributed by atoms with Crippen molar-refractivity contribution in [3.05, 3.63) is 12.3 Å². The van der Waals surface area contributed by atoms with Crippen LogP contribution in [0.15, 0.2) is 12.3 Å². The topological polar surface area (TPSA) is 38.3 Å². The Balaban J connectivity index is 2.08. The van der Waals surface area contributed by atoms with E-state index in [1.54, 1.807) is 6.20 Å². The first-order chi connectivity index (χ1) is 6.06. The second-order valence-corrected chi connectivity index (χ2v) is 4.15. The van der Waals surface area contributed by atoms with Crippen molar-refractivity contribution < 1.29 is 9.53 Å². The second-order valence-electron chi connectivity index (χ2n) is 4.15. The van der Waals surface area contributed by atoms with Crippen LogP contribution in [0.3, 0.4) is 0 Å². The largest absolute Gasteiger partial charge is 0.466 e. The van der Waals surface area contributed by atoms with Gasteiger partial charge in [-0.1, -0.05) is 13.8 Å². The Labute approximate surface area is 79.2 Å². The van der Waals surface area contributed by atoms with Crippen LogP contribution in [0.5, 0.6) is 0 Å². The molecule has 0 bridgehead atoms. The van der Waals surface area contributed by atoms with Crippen molar-refractivity contribution in [3.8, 4) is 0 Å². The molecule has 0 radical (unpaired) electrons. The summed E-state index contributed by atoms with van der Waals surface area (Å²) < 4.78 is 4.45. The maximum atomic E-state index is 10.7. The molecular formula is C10H17NO2. The number of rotatable bonds is 4. The molecule has 1 saturated carbocycles. The lowest BCUT2D eigenvalue weighted by Gasteiger charge is -2.02. The van der Waals surface area contributed by atoms with Gasteiger partial charge in [0.25, 0.3) is 0 Å². The number of hydrogen-bond acceptors (Lipinski definition) is 3. The minimum atomic E-state index is -0.317. The van der Waals surface area contributed by atoms with Crippen LogP contribution in [-0.2, 0) is 9.53 Å². The average Bonchev–Trinajstić information content (AvgIpc) is 2.67. The standard InChI is InChI=1S/C10H17NO2/c1-10(2)6-8(10)7-11-5-4-9(12)13-3/h4-5,8,11H,6-7H2,1-3H3/b5-4+. The monoisotopic (exact) mass is 183 g/mol. The maximum Gasteiger partial charge on any atom is 0.331 e. The van der Waals surface area contributed by atoms with Gasteiger partial charge in [0.1, 0.15) is 0 Å². The molecule has 1 N–H and O–H groups in total. The van der Waals surface area contributed by atoms with E-state index < -0.39 is 0 Å². The number of ether oxygens (including phenoxy) is 1. The van der Waals surface area contributed by atoms with Crippen LogP contribution in [0.25, 0.3) is 0 Å². The van der Waals surface area contributed by atoms with Gasteiger partial charge in [-0.05, 0) is 17.8 Å². The van der Waals surface area contributed by atoms with Crippen LogP contribution in [0, 0.1) is 11.3 Å². The third kappa shape index (κ3) is 3.09. The first-order valence-electron chi connectivity index (χ1n) is 4.54. The first kappa shape index (κ1) is 10.1. The number of carbonyl (C=O) groups excluding carboxylic acids is 1. The van der Waals surface area contributed by atoms with Gasteiger partial charge in [0.2, 0.25) is 0 Å². The van der Waals surface area contributed by atoms with E-state index in [9.17, 15) is 4.79 Å². The zero-order valence-electron chi connectivity index (χ0n) is 8.46. The summed E-state index contributed by atoms with van der Waals surface area (Å²) in [4.78, 5) is 10.7. The molecule has 0 aliphatic heterocycles. The van der Waals surface area contributed by atoms with Crippen LogP contribution in [0.2, 0.25) is 0 Å². The van der Waals surface area contributed by atoms with E-state index in [0.717, 1.165) is 12.5 Å². The Morgan fingerprint density at radius 3 is 2.77 bits per heavy atom. The van der Waals surface area contributed by atoms with E-state index in [1.807, 2.05) is 0 Å². The van der Waals surface area contributed by atoms with Crippen molar-refractivity contribution in [3.63, 3.8) is 0 Å². The Morgan fingerprint density at radius 1 is 1.69 bits per heavy atom. The molecule has 0 aromatic rings. The molecular weight excluding hydrogens is 166 g/mol. The second kappa shape index (κ2) is 3.81. The van der Waals surface area contributed by atoms with E-state index in [4.69, 9.17) is 0 Å². The van der Waals surface area contributed by atoms with E-state index >= 15 is 0 Å². The van der Waals surface area contributed by atoms with E-state index in [-0.39, 0.29) is 5.97 Å². The fourth-order valence-corrected chi connectivity index (χ4v) is 1.33. The van der Waals surface area contributed by atoms with Crippen molar-refractivity contribution in [2.24, 2.45) is 11.3 Å². The quantitative estimate of drug-likeness (QED) is 0.527. The van der Waals surface area contributed by atoms with Crippen LogP contribution in [0.1, 0.15) is 20.3 Å². The lowest BCUT2D eigenvalue weighted by molar-refractivity contribution is -0.134. The van der Waals surface area contributed by atoms with Crippen LogP contribution < -0.4 is 5.32 Å². The van der Waals surface area contributed by atoms with Crippen molar-refractivity contribution >= 4 is 5.97 Å². The Bertz CT molecular complexity index is 221. The molecule has 13 heavy (non-hydrogen) atoms. The summed E-state index contributed by atoms with van der Waals surface area (Å²) in [7, 11) is 1.37. The van der Waals surface area contributed by atoms with Crippen LogP contribution >= 0.6 is 0 Å². The fourth-order valence-electron chi connectivity index (χ4n) is 1.33. The lowest BCUT2D eigenvalue weighted by atomic mass is 10.1. The maximum absolute atomic E-state index is 10.7. The number of esters is 1. The molecule has 0 amide bonds. The average molecular weight is 183 g/mol. The van der Waals surface area contributed by atoms with Crippen LogP contribution in [0.4, 0.5) is 0 Å². The zero-order chi connectivity index (χ0) is 9.90. The number of carbonyl (C=O) groups is 1. The van der Waals surface area contributed by atoms with Gasteiger partial charge in [0.05, 0.1) is 7.11 Å². The Morgan fingerprint density at radius 2 is 2.31 bits per heavy atom. The molecule has 1 atom stereocenters. The summed E-state index contributed by atoms with van der Waals surface area (Å²) in [6, 6.07) is 0. The predicted octanol–water partition coefficient (Wildman–Crippen LogP) is 1.31. The molecule has 0 heterocycles. The fraction of sp³-hybridized carbons (Fsp3) is 0.700. The number of nitrogens with one attached hydrogen (secondary N) is 1. The van der Waals surface area contributed by atoms with Crippen molar-refractivity contribution in [1.82, 2.24) is 5.32 Å². The summed E-state index contributed by atoms with van der Waals surface area (Å²) in [6.07, 6.45) is 4.32. The SMILES string of the molecule is COC(=O)/C=C/NCC1CC1(C)C. The van der Waals surface area contributed by atoms with Crippen molar-refractivity contribution in [1.29, 1.82) is 0 Å². The normalized spacial score (nSPS) is 24.4. The van der Waals surface area contributed by atoms with Gasteiger partial charge in [0, 0.05) is 18.8 Å². The summed E-state index contributed by atoms with van der Waals surface area (Å²) >= 11 is 0. The highest BCUT2D eigenvalue weighted by Crippen LogP contribution is 2.50. The summed E-state index contributed by atoms with van der Waals surface area (Å²) in [5.41, 5.74) is 0.492. The van der Waals surface area contributed by atoms with E-state index in [1.165, 1.54) is 19.6 Å². The predicted molar refractivity (Wildman–Crippen MR) is 51.0 cm³/mol. The number of hydrogen-bond donors (Lipinski definition) is 1. The molecule has 1 unspecified atom stereocenters. The van der Waals surface area contributed by atoms with Gasteiger partial charge in [-0.2, -0.15) is 0 Å². The molecule has 0 spiro atoms. The van der Waals surface area contributed by atoms with Crippen molar-refractivity contribution in [2.45, 2.75) is 20.3 Å². The highest BCUT2D eigenvalue weighted by Gasteiger charge is 2.44. The third-order valence-electron chi connectivity index (χ3n) is 2.62. The molecule has 0 aromatic heterocycles.